The van der Waals surface area contributed by atoms with Gasteiger partial charge in [0.2, 0.25) is 0 Å². The molecule has 5 heteroatoms. The second-order valence-corrected chi connectivity index (χ2v) is 5.74. The van der Waals surface area contributed by atoms with E-state index in [1.54, 1.807) is 52.0 Å². The number of anilines is 1. The molecule has 1 atom stereocenters. The summed E-state index contributed by atoms with van der Waals surface area (Å²) < 4.78 is 5.19. The van der Waals surface area contributed by atoms with Gasteiger partial charge in [0.15, 0.2) is 0 Å². The molecule has 1 amide bonds. The number of aliphatic hydroxyl groups is 1. The van der Waals surface area contributed by atoms with Gasteiger partial charge in [0.25, 0.3) is 0 Å². The topological polar surface area (TPSA) is 84.6 Å². The van der Waals surface area contributed by atoms with Crippen LogP contribution in [0.5, 0.6) is 0 Å². The van der Waals surface area contributed by atoms with Crippen LogP contribution in [0.15, 0.2) is 24.3 Å². The number of nitrogens with one attached hydrogen (secondary N) is 1. The van der Waals surface area contributed by atoms with Gasteiger partial charge >= 0.3 is 6.09 Å². The van der Waals surface area contributed by atoms with Crippen molar-refractivity contribution in [2.75, 3.05) is 12.3 Å². The molecule has 0 aliphatic heterocycles. The number of benzene rings is 1. The average Bonchev–Trinajstić information content (AvgIpc) is 2.26. The lowest BCUT2D eigenvalue weighted by Crippen LogP contribution is -2.48. The van der Waals surface area contributed by atoms with Gasteiger partial charge in [-0.15, -0.1) is 0 Å². The van der Waals surface area contributed by atoms with Crippen LogP contribution < -0.4 is 11.1 Å². The highest BCUT2D eigenvalue weighted by atomic mass is 16.6. The van der Waals surface area contributed by atoms with Crippen LogP contribution >= 0.6 is 0 Å². The number of aliphatic hydroxyl groups excluding tert-OH is 1. The van der Waals surface area contributed by atoms with Crippen molar-refractivity contribution >= 4 is 11.8 Å². The summed E-state index contributed by atoms with van der Waals surface area (Å²) in [7, 11) is 0. The van der Waals surface area contributed by atoms with Crippen LogP contribution in [0.2, 0.25) is 0 Å². The summed E-state index contributed by atoms with van der Waals surface area (Å²) in [4.78, 5) is 11.8. The third-order valence-electron chi connectivity index (χ3n) is 2.64. The predicted octanol–water partition coefficient (Wildman–Crippen LogP) is 2.00. The molecule has 1 rings (SSSR count). The van der Waals surface area contributed by atoms with E-state index in [1.165, 1.54) is 0 Å². The standard InChI is InChI=1S/C14H22N2O3/c1-13(2,3)19-12(18)16-14(4,9-17)10-5-7-11(15)8-6-10/h5-8,17H,9,15H2,1-4H3,(H,16,18). The zero-order valence-corrected chi connectivity index (χ0v) is 11.9. The van der Waals surface area contributed by atoms with Crippen molar-refractivity contribution < 1.29 is 14.6 Å². The lowest BCUT2D eigenvalue weighted by Gasteiger charge is -2.31. The number of nitrogen functional groups attached to an aromatic ring is 1. The van der Waals surface area contributed by atoms with E-state index in [1.807, 2.05) is 0 Å². The lowest BCUT2D eigenvalue weighted by atomic mass is 9.93. The van der Waals surface area contributed by atoms with Gasteiger partial charge in [-0.25, -0.2) is 4.79 Å². The largest absolute Gasteiger partial charge is 0.444 e. The summed E-state index contributed by atoms with van der Waals surface area (Å²) in [6.45, 7) is 6.84. The molecule has 0 spiro atoms. The maximum absolute atomic E-state index is 11.8. The summed E-state index contributed by atoms with van der Waals surface area (Å²) in [5.74, 6) is 0. The molecule has 5 nitrogen and oxygen atoms in total. The molecule has 0 saturated heterocycles. The van der Waals surface area contributed by atoms with Crippen molar-refractivity contribution in [2.45, 2.75) is 38.8 Å². The molecule has 106 valence electrons. The molecule has 1 aromatic carbocycles. The Morgan fingerprint density at radius 2 is 1.79 bits per heavy atom. The fraction of sp³-hybridized carbons (Fsp3) is 0.500. The van der Waals surface area contributed by atoms with Crippen LogP contribution in [-0.2, 0) is 10.3 Å². The maximum Gasteiger partial charge on any atom is 0.408 e. The van der Waals surface area contributed by atoms with E-state index in [0.29, 0.717) is 5.69 Å². The molecule has 0 fully saturated rings. The first-order chi connectivity index (χ1) is 8.66. The van der Waals surface area contributed by atoms with Crippen molar-refractivity contribution in [3.63, 3.8) is 0 Å². The summed E-state index contributed by atoms with van der Waals surface area (Å²) >= 11 is 0. The minimum atomic E-state index is -0.907. The molecule has 0 aliphatic carbocycles. The highest BCUT2D eigenvalue weighted by Crippen LogP contribution is 2.22. The summed E-state index contributed by atoms with van der Waals surface area (Å²) in [6, 6.07) is 6.98. The number of amides is 1. The van der Waals surface area contributed by atoms with Crippen molar-refractivity contribution in [3.8, 4) is 0 Å². The van der Waals surface area contributed by atoms with Gasteiger partial charge in [-0.2, -0.15) is 0 Å². The first-order valence-electron chi connectivity index (χ1n) is 6.14. The second kappa shape index (κ2) is 5.48. The Balaban J connectivity index is 2.86. The Morgan fingerprint density at radius 3 is 2.21 bits per heavy atom. The van der Waals surface area contributed by atoms with Crippen LogP contribution in [0, 0.1) is 0 Å². The van der Waals surface area contributed by atoms with Gasteiger partial charge in [0.1, 0.15) is 5.60 Å². The number of hydrogen-bond acceptors (Lipinski definition) is 4. The van der Waals surface area contributed by atoms with Gasteiger partial charge in [0.05, 0.1) is 12.1 Å². The molecule has 0 aromatic heterocycles. The third-order valence-corrected chi connectivity index (χ3v) is 2.64. The van der Waals surface area contributed by atoms with Crippen molar-refractivity contribution in [1.29, 1.82) is 0 Å². The van der Waals surface area contributed by atoms with Crippen molar-refractivity contribution in [1.82, 2.24) is 5.32 Å². The van der Waals surface area contributed by atoms with Crippen molar-refractivity contribution in [3.05, 3.63) is 29.8 Å². The molecule has 0 saturated carbocycles. The van der Waals surface area contributed by atoms with Crippen LogP contribution in [0.1, 0.15) is 33.3 Å². The van der Waals surface area contributed by atoms with E-state index >= 15 is 0 Å². The fourth-order valence-corrected chi connectivity index (χ4v) is 1.58. The molecule has 0 heterocycles. The third kappa shape index (κ3) is 4.44. The van der Waals surface area contributed by atoms with E-state index < -0.39 is 17.2 Å². The van der Waals surface area contributed by atoms with Crippen LogP contribution in [0.25, 0.3) is 0 Å². The van der Waals surface area contributed by atoms with Crippen LogP contribution in [-0.4, -0.2) is 23.4 Å². The van der Waals surface area contributed by atoms with E-state index in [2.05, 4.69) is 5.32 Å². The Hall–Kier alpha value is -1.75. The first kappa shape index (κ1) is 15.3. The van der Waals surface area contributed by atoms with Crippen molar-refractivity contribution in [2.24, 2.45) is 0 Å². The van der Waals surface area contributed by atoms with E-state index in [9.17, 15) is 9.90 Å². The fourth-order valence-electron chi connectivity index (χ4n) is 1.58. The molecule has 1 unspecified atom stereocenters. The van der Waals surface area contributed by atoms with Crippen LogP contribution in [0.3, 0.4) is 0 Å². The number of carbonyl (C=O) groups is 1. The average molecular weight is 266 g/mol. The molecular formula is C14H22N2O3. The number of hydrogen-bond donors (Lipinski definition) is 3. The number of alkyl carbamates (subject to hydrolysis) is 1. The Kier molecular flexibility index (Phi) is 4.42. The SMILES string of the molecule is CC(C)(C)OC(=O)NC(C)(CO)c1ccc(N)cc1. The maximum atomic E-state index is 11.8. The Bertz CT molecular complexity index is 437. The molecule has 4 N–H and O–H groups in total. The molecular weight excluding hydrogens is 244 g/mol. The molecule has 0 bridgehead atoms. The quantitative estimate of drug-likeness (QED) is 0.730. The number of carbonyl (C=O) groups excluding carboxylic acids is 1. The predicted molar refractivity (Wildman–Crippen MR) is 74.7 cm³/mol. The number of ether oxygens (including phenoxy) is 1. The normalized spacial score (nSPS) is 14.6. The van der Waals surface area contributed by atoms with E-state index in [-0.39, 0.29) is 6.61 Å². The zero-order valence-electron chi connectivity index (χ0n) is 11.9. The Morgan fingerprint density at radius 1 is 1.26 bits per heavy atom. The minimum Gasteiger partial charge on any atom is -0.444 e. The summed E-state index contributed by atoms with van der Waals surface area (Å²) in [6.07, 6.45) is -0.569. The smallest absolute Gasteiger partial charge is 0.408 e. The zero-order chi connectivity index (χ0) is 14.7. The highest BCUT2D eigenvalue weighted by molar-refractivity contribution is 5.69. The van der Waals surface area contributed by atoms with Crippen LogP contribution in [0.4, 0.5) is 10.5 Å². The molecule has 0 aliphatic rings. The summed E-state index contributed by atoms with van der Waals surface area (Å²) in [5.41, 5.74) is 5.52. The first-order valence-corrected chi connectivity index (χ1v) is 6.14. The lowest BCUT2D eigenvalue weighted by molar-refractivity contribution is 0.0411. The van der Waals surface area contributed by atoms with E-state index in [4.69, 9.17) is 10.5 Å². The van der Waals surface area contributed by atoms with Gasteiger partial charge in [0, 0.05) is 5.69 Å². The van der Waals surface area contributed by atoms with Gasteiger partial charge < -0.3 is 20.9 Å². The van der Waals surface area contributed by atoms with E-state index in [0.717, 1.165) is 5.56 Å². The van der Waals surface area contributed by atoms with Gasteiger partial charge in [-0.1, -0.05) is 12.1 Å². The molecule has 19 heavy (non-hydrogen) atoms. The molecule has 0 radical (unpaired) electrons. The summed E-state index contributed by atoms with van der Waals surface area (Å²) in [5, 5.41) is 12.2. The second-order valence-electron chi connectivity index (χ2n) is 5.74. The number of nitrogens with two attached hydrogens (primary N) is 1. The van der Waals surface area contributed by atoms with Gasteiger partial charge in [-0.05, 0) is 45.4 Å². The molecule has 1 aromatic rings. The Labute approximate surface area is 113 Å². The highest BCUT2D eigenvalue weighted by Gasteiger charge is 2.30. The number of rotatable bonds is 3. The monoisotopic (exact) mass is 266 g/mol. The minimum absolute atomic E-state index is 0.240. The van der Waals surface area contributed by atoms with Gasteiger partial charge in [-0.3, -0.25) is 0 Å².